The Labute approximate surface area is 163 Å². The van der Waals surface area contributed by atoms with Gasteiger partial charge in [-0.25, -0.2) is 9.37 Å². The molecule has 27 heavy (non-hydrogen) atoms. The molecule has 1 N–H and O–H groups in total. The van der Waals surface area contributed by atoms with Gasteiger partial charge in [-0.1, -0.05) is 53.7 Å². The zero-order valence-corrected chi connectivity index (χ0v) is 16.1. The van der Waals surface area contributed by atoms with Crippen LogP contribution in [0.25, 0.3) is 11.4 Å². The SMILES string of the molecule is Cc1ccc(-c2nc(SC(C)C(=O)c3cccc(F)c3)n[nH]2)cc1.O=S=O. The summed E-state index contributed by atoms with van der Waals surface area (Å²) in [5.74, 6) is 0.0849. The Kier molecular flexibility index (Phi) is 7.56. The van der Waals surface area contributed by atoms with Crippen molar-refractivity contribution in [3.63, 3.8) is 0 Å². The molecule has 0 spiro atoms. The van der Waals surface area contributed by atoms with Crippen molar-refractivity contribution >= 4 is 29.1 Å². The Balaban J connectivity index is 0.000000817. The molecule has 0 aliphatic heterocycles. The van der Waals surface area contributed by atoms with Crippen LogP contribution < -0.4 is 0 Å². The minimum absolute atomic E-state index is 0.152. The van der Waals surface area contributed by atoms with E-state index in [0.29, 0.717) is 16.5 Å². The number of benzene rings is 2. The van der Waals surface area contributed by atoms with Gasteiger partial charge in [-0.05, 0) is 26.0 Å². The number of hydrogen-bond donors (Lipinski definition) is 1. The molecule has 0 bridgehead atoms. The first-order chi connectivity index (χ1) is 12.9. The number of carbonyl (C=O) groups is 1. The Morgan fingerprint density at radius 2 is 1.81 bits per heavy atom. The van der Waals surface area contributed by atoms with Gasteiger partial charge in [-0.2, -0.15) is 8.42 Å². The third-order valence-corrected chi connectivity index (χ3v) is 4.51. The van der Waals surface area contributed by atoms with E-state index in [1.54, 1.807) is 13.0 Å². The summed E-state index contributed by atoms with van der Waals surface area (Å²) < 4.78 is 29.8. The fourth-order valence-electron chi connectivity index (χ4n) is 2.23. The molecule has 0 amide bonds. The maximum Gasteiger partial charge on any atom is 0.335 e. The van der Waals surface area contributed by atoms with Gasteiger partial charge in [0, 0.05) is 11.1 Å². The van der Waals surface area contributed by atoms with Gasteiger partial charge in [0.25, 0.3) is 0 Å². The van der Waals surface area contributed by atoms with Gasteiger partial charge in [0.15, 0.2) is 11.6 Å². The zero-order chi connectivity index (χ0) is 19.8. The highest BCUT2D eigenvalue weighted by Crippen LogP contribution is 2.25. The number of carbonyl (C=O) groups excluding carboxylic acids is 1. The molecule has 1 unspecified atom stereocenters. The van der Waals surface area contributed by atoms with E-state index in [-0.39, 0.29) is 5.78 Å². The van der Waals surface area contributed by atoms with Crippen LogP contribution in [0.4, 0.5) is 4.39 Å². The quantitative estimate of drug-likeness (QED) is 0.515. The minimum Gasteiger partial charge on any atom is -0.293 e. The predicted molar refractivity (Wildman–Crippen MR) is 102 cm³/mol. The van der Waals surface area contributed by atoms with Gasteiger partial charge in [-0.3, -0.25) is 9.89 Å². The van der Waals surface area contributed by atoms with Gasteiger partial charge in [0.2, 0.25) is 5.16 Å². The van der Waals surface area contributed by atoms with E-state index >= 15 is 0 Å². The number of aryl methyl sites for hydroxylation is 1. The number of Topliss-reactive ketones (excluding diaryl/α,β-unsaturated/α-hetero) is 1. The molecule has 0 aliphatic carbocycles. The summed E-state index contributed by atoms with van der Waals surface area (Å²) in [6, 6.07) is 13.6. The van der Waals surface area contributed by atoms with Crippen LogP contribution in [0, 0.1) is 12.7 Å². The van der Waals surface area contributed by atoms with Crippen molar-refractivity contribution in [2.45, 2.75) is 24.3 Å². The number of nitrogens with zero attached hydrogens (tertiary/aromatic N) is 2. The number of thioether (sulfide) groups is 1. The van der Waals surface area contributed by atoms with E-state index in [4.69, 9.17) is 8.42 Å². The topological polar surface area (TPSA) is 92.8 Å². The Hall–Kier alpha value is -2.65. The number of H-pyrrole nitrogens is 1. The summed E-state index contributed by atoms with van der Waals surface area (Å²) >= 11 is 0.496. The molecule has 3 aromatic rings. The second-order valence-corrected chi connectivity index (χ2v) is 6.98. The number of aromatic nitrogens is 3. The molecule has 1 heterocycles. The van der Waals surface area contributed by atoms with E-state index in [0.717, 1.165) is 5.56 Å². The van der Waals surface area contributed by atoms with Crippen LogP contribution in [-0.4, -0.2) is 34.6 Å². The second-order valence-electron chi connectivity index (χ2n) is 5.54. The lowest BCUT2D eigenvalue weighted by atomic mass is 10.1. The fourth-order valence-corrected chi connectivity index (χ4v) is 3.03. The highest BCUT2D eigenvalue weighted by atomic mass is 32.2. The lowest BCUT2D eigenvalue weighted by molar-refractivity contribution is 0.0993. The van der Waals surface area contributed by atoms with E-state index in [2.05, 4.69) is 15.2 Å². The average Bonchev–Trinajstić information content (AvgIpc) is 3.10. The summed E-state index contributed by atoms with van der Waals surface area (Å²) in [5, 5.41) is 7.11. The van der Waals surface area contributed by atoms with Crippen LogP contribution in [0.2, 0.25) is 0 Å². The van der Waals surface area contributed by atoms with E-state index in [1.807, 2.05) is 31.2 Å². The first-order valence-corrected chi connectivity index (χ1v) is 9.37. The van der Waals surface area contributed by atoms with Crippen LogP contribution in [0.15, 0.2) is 53.7 Å². The number of aromatic amines is 1. The average molecular weight is 405 g/mol. The van der Waals surface area contributed by atoms with Crippen molar-refractivity contribution in [2.75, 3.05) is 0 Å². The van der Waals surface area contributed by atoms with E-state index in [9.17, 15) is 9.18 Å². The summed E-state index contributed by atoms with van der Waals surface area (Å²) in [4.78, 5) is 16.8. The number of hydrogen-bond acceptors (Lipinski definition) is 6. The van der Waals surface area contributed by atoms with Gasteiger partial charge in [-0.15, -0.1) is 5.10 Å². The van der Waals surface area contributed by atoms with Crippen LogP contribution in [-0.2, 0) is 11.6 Å². The predicted octanol–water partition coefficient (Wildman–Crippen LogP) is 3.61. The van der Waals surface area contributed by atoms with Crippen molar-refractivity contribution in [3.05, 3.63) is 65.5 Å². The maximum absolute atomic E-state index is 13.2. The van der Waals surface area contributed by atoms with Crippen molar-refractivity contribution in [3.8, 4) is 11.4 Å². The molecule has 9 heteroatoms. The van der Waals surface area contributed by atoms with Crippen molar-refractivity contribution in [2.24, 2.45) is 0 Å². The highest BCUT2D eigenvalue weighted by Gasteiger charge is 2.19. The normalized spacial score (nSPS) is 11.2. The molecule has 6 nitrogen and oxygen atoms in total. The Morgan fingerprint density at radius 3 is 2.44 bits per heavy atom. The van der Waals surface area contributed by atoms with Gasteiger partial charge in [0.05, 0.1) is 5.25 Å². The smallest absolute Gasteiger partial charge is 0.293 e. The molecular formula is C18H16FN3O3S2. The summed E-state index contributed by atoms with van der Waals surface area (Å²) in [5.41, 5.74) is 2.45. The van der Waals surface area contributed by atoms with Crippen molar-refractivity contribution in [1.29, 1.82) is 0 Å². The second kappa shape index (κ2) is 9.89. The number of ketones is 1. The summed E-state index contributed by atoms with van der Waals surface area (Å²) in [7, 11) is 0. The van der Waals surface area contributed by atoms with Crippen LogP contribution >= 0.6 is 11.8 Å². The van der Waals surface area contributed by atoms with Crippen molar-refractivity contribution in [1.82, 2.24) is 15.2 Å². The van der Waals surface area contributed by atoms with Gasteiger partial charge < -0.3 is 0 Å². The molecule has 140 valence electrons. The Morgan fingerprint density at radius 1 is 1.15 bits per heavy atom. The number of rotatable bonds is 5. The molecule has 0 radical (unpaired) electrons. The highest BCUT2D eigenvalue weighted by molar-refractivity contribution is 8.00. The zero-order valence-electron chi connectivity index (χ0n) is 14.5. The van der Waals surface area contributed by atoms with Crippen molar-refractivity contribution < 1.29 is 17.6 Å². The van der Waals surface area contributed by atoms with Gasteiger partial charge in [0.1, 0.15) is 5.82 Å². The molecule has 1 atom stereocenters. The van der Waals surface area contributed by atoms with Crippen LogP contribution in [0.5, 0.6) is 0 Å². The molecule has 3 rings (SSSR count). The van der Waals surface area contributed by atoms with E-state index in [1.165, 1.54) is 35.5 Å². The molecule has 1 aromatic heterocycles. The lowest BCUT2D eigenvalue weighted by Crippen LogP contribution is -2.13. The molecule has 0 saturated carbocycles. The molecular weight excluding hydrogens is 389 g/mol. The minimum atomic E-state index is -0.750. The Bertz CT molecular complexity index is 954. The third kappa shape index (κ3) is 5.93. The number of halogens is 1. The van der Waals surface area contributed by atoms with Crippen LogP contribution in [0.1, 0.15) is 22.8 Å². The monoisotopic (exact) mass is 405 g/mol. The van der Waals surface area contributed by atoms with E-state index < -0.39 is 22.6 Å². The largest absolute Gasteiger partial charge is 0.335 e. The number of nitrogens with one attached hydrogen (secondary N) is 1. The first kappa shape index (κ1) is 20.7. The molecule has 0 fully saturated rings. The fraction of sp³-hybridized carbons (Fsp3) is 0.167. The lowest BCUT2D eigenvalue weighted by Gasteiger charge is -2.07. The molecule has 0 saturated heterocycles. The third-order valence-electron chi connectivity index (χ3n) is 3.55. The molecule has 2 aromatic carbocycles. The van der Waals surface area contributed by atoms with Crippen LogP contribution in [0.3, 0.4) is 0 Å². The summed E-state index contributed by atoms with van der Waals surface area (Å²) in [6.07, 6.45) is 0. The first-order valence-electron chi connectivity index (χ1n) is 7.82. The standard InChI is InChI=1S/C18H16FN3OS.O2S/c1-11-6-8-13(9-7-11)17-20-18(22-21-17)24-12(2)16(23)14-4-3-5-15(19)10-14;1-3-2/h3-10,12H,1-2H3,(H,20,21,22);. The molecule has 0 aliphatic rings. The maximum atomic E-state index is 13.2. The summed E-state index contributed by atoms with van der Waals surface area (Å²) in [6.45, 7) is 3.78. The van der Waals surface area contributed by atoms with Gasteiger partial charge >= 0.3 is 11.6 Å².